The van der Waals surface area contributed by atoms with Gasteiger partial charge in [0.2, 0.25) is 0 Å². The van der Waals surface area contributed by atoms with E-state index in [1.807, 2.05) is 36.1 Å². The maximum absolute atomic E-state index is 12.8. The number of carbonyl (C=O) groups is 1. The molecule has 5 nitrogen and oxygen atoms in total. The summed E-state index contributed by atoms with van der Waals surface area (Å²) >= 11 is 1.75. The third-order valence-electron chi connectivity index (χ3n) is 5.18. The topological polar surface area (TPSA) is 45.7 Å². The van der Waals surface area contributed by atoms with Crippen molar-refractivity contribution < 1.29 is 9.53 Å². The van der Waals surface area contributed by atoms with Gasteiger partial charge < -0.3 is 14.5 Å². The van der Waals surface area contributed by atoms with Crippen LogP contribution >= 0.6 is 11.3 Å². The number of fused-ring (bicyclic) bond motifs is 1. The van der Waals surface area contributed by atoms with Crippen LogP contribution in [0.1, 0.15) is 28.4 Å². The lowest BCUT2D eigenvalue weighted by Crippen LogP contribution is -2.48. The Hall–Kier alpha value is -2.60. The van der Waals surface area contributed by atoms with Crippen LogP contribution in [0.5, 0.6) is 5.75 Å². The summed E-state index contributed by atoms with van der Waals surface area (Å²) in [5, 5.41) is 1.06. The zero-order valence-electron chi connectivity index (χ0n) is 16.6. The van der Waals surface area contributed by atoms with Crippen molar-refractivity contribution in [3.63, 3.8) is 0 Å². The predicted octanol–water partition coefficient (Wildman–Crippen LogP) is 4.27. The summed E-state index contributed by atoms with van der Waals surface area (Å²) in [5.41, 5.74) is 4.30. The van der Waals surface area contributed by atoms with Crippen molar-refractivity contribution in [3.8, 4) is 5.75 Å². The minimum absolute atomic E-state index is 0.0821. The number of carbonyl (C=O) groups excluding carboxylic acids is 1. The van der Waals surface area contributed by atoms with E-state index in [1.165, 1.54) is 15.8 Å². The van der Waals surface area contributed by atoms with E-state index >= 15 is 0 Å². The third kappa shape index (κ3) is 3.56. The smallest absolute Gasteiger partial charge is 0.253 e. The summed E-state index contributed by atoms with van der Waals surface area (Å²) in [6, 6.07) is 11.7. The molecule has 0 atom stereocenters. The lowest BCUT2D eigenvalue weighted by molar-refractivity contribution is 0.0746. The molecule has 0 spiro atoms. The summed E-state index contributed by atoms with van der Waals surface area (Å²) in [7, 11) is 0. The molecule has 3 aromatic rings. The fourth-order valence-electron chi connectivity index (χ4n) is 3.53. The Balaban J connectivity index is 1.43. The second-order valence-corrected chi connectivity index (χ2v) is 8.09. The Morgan fingerprint density at radius 3 is 2.36 bits per heavy atom. The molecule has 0 N–H and O–H groups in total. The Morgan fingerprint density at radius 1 is 1.04 bits per heavy atom. The lowest BCUT2D eigenvalue weighted by atomic mass is 10.1. The average Bonchev–Trinajstić information content (AvgIpc) is 3.18. The number of benzene rings is 2. The molecule has 0 saturated carbocycles. The number of hydrogen-bond donors (Lipinski definition) is 0. The van der Waals surface area contributed by atoms with Gasteiger partial charge in [-0.25, -0.2) is 4.98 Å². The van der Waals surface area contributed by atoms with Crippen molar-refractivity contribution in [1.82, 2.24) is 9.88 Å². The number of rotatable bonds is 4. The number of ether oxygens (including phenoxy) is 1. The number of piperazine rings is 1. The number of hydrogen-bond acceptors (Lipinski definition) is 5. The van der Waals surface area contributed by atoms with E-state index in [9.17, 15) is 4.79 Å². The average molecular weight is 396 g/mol. The number of aromatic nitrogens is 1. The first-order valence-electron chi connectivity index (χ1n) is 9.70. The van der Waals surface area contributed by atoms with E-state index in [0.29, 0.717) is 25.3 Å². The van der Waals surface area contributed by atoms with Gasteiger partial charge >= 0.3 is 0 Å². The van der Waals surface area contributed by atoms with Crippen molar-refractivity contribution in [2.45, 2.75) is 20.8 Å². The second kappa shape index (κ2) is 7.80. The fraction of sp³-hybridized carbons (Fsp3) is 0.364. The molecule has 1 aromatic heterocycles. The standard InChI is InChI=1S/C22H25N3O2S/c1-4-27-18-9-7-17(8-10-18)21(26)24-11-13-25(14-12-24)22-23-19-15(2)5-6-16(3)20(19)28-22/h5-10H,4,11-14H2,1-3H3. The highest BCUT2D eigenvalue weighted by atomic mass is 32.1. The van der Waals surface area contributed by atoms with E-state index in [1.54, 1.807) is 11.3 Å². The van der Waals surface area contributed by atoms with E-state index in [2.05, 4.69) is 30.9 Å². The van der Waals surface area contributed by atoms with Gasteiger partial charge in [-0.15, -0.1) is 0 Å². The molecule has 4 rings (SSSR count). The van der Waals surface area contributed by atoms with Crippen LogP contribution in [0.25, 0.3) is 10.2 Å². The molecule has 2 heterocycles. The summed E-state index contributed by atoms with van der Waals surface area (Å²) in [4.78, 5) is 21.9. The molecule has 0 bridgehead atoms. The first-order valence-corrected chi connectivity index (χ1v) is 10.5. The molecule has 0 radical (unpaired) electrons. The van der Waals surface area contributed by atoms with Crippen LogP contribution in [0.4, 0.5) is 5.13 Å². The third-order valence-corrected chi connectivity index (χ3v) is 6.43. The Kier molecular flexibility index (Phi) is 5.22. The molecule has 1 fully saturated rings. The first-order chi connectivity index (χ1) is 13.6. The highest BCUT2D eigenvalue weighted by Gasteiger charge is 2.24. The van der Waals surface area contributed by atoms with Crippen molar-refractivity contribution in [2.24, 2.45) is 0 Å². The SMILES string of the molecule is CCOc1ccc(C(=O)N2CCN(c3nc4c(C)ccc(C)c4s3)CC2)cc1. The quantitative estimate of drug-likeness (QED) is 0.662. The van der Waals surface area contributed by atoms with Crippen molar-refractivity contribution in [2.75, 3.05) is 37.7 Å². The van der Waals surface area contributed by atoms with Crippen LogP contribution in [0, 0.1) is 13.8 Å². The van der Waals surface area contributed by atoms with E-state index in [-0.39, 0.29) is 5.91 Å². The maximum atomic E-state index is 12.8. The molecule has 146 valence electrons. The normalized spacial score (nSPS) is 14.5. The molecular weight excluding hydrogens is 370 g/mol. The van der Waals surface area contributed by atoms with Crippen LogP contribution in [0.3, 0.4) is 0 Å². The minimum Gasteiger partial charge on any atom is -0.494 e. The Labute approximate surface area is 169 Å². The summed E-state index contributed by atoms with van der Waals surface area (Å²) in [6.45, 7) is 9.85. The molecule has 6 heteroatoms. The predicted molar refractivity (Wildman–Crippen MR) is 115 cm³/mol. The van der Waals surface area contributed by atoms with Gasteiger partial charge in [-0.1, -0.05) is 23.5 Å². The molecule has 1 saturated heterocycles. The molecule has 0 unspecified atom stereocenters. The lowest BCUT2D eigenvalue weighted by Gasteiger charge is -2.34. The molecule has 1 amide bonds. The van der Waals surface area contributed by atoms with Crippen molar-refractivity contribution in [1.29, 1.82) is 0 Å². The van der Waals surface area contributed by atoms with Crippen LogP contribution in [-0.2, 0) is 0 Å². The van der Waals surface area contributed by atoms with Gasteiger partial charge in [0.25, 0.3) is 5.91 Å². The summed E-state index contributed by atoms with van der Waals surface area (Å²) in [5.74, 6) is 0.879. The largest absolute Gasteiger partial charge is 0.494 e. The highest BCUT2D eigenvalue weighted by molar-refractivity contribution is 7.22. The number of nitrogens with zero attached hydrogens (tertiary/aromatic N) is 3. The van der Waals surface area contributed by atoms with Crippen molar-refractivity contribution in [3.05, 3.63) is 53.1 Å². The monoisotopic (exact) mass is 395 g/mol. The van der Waals surface area contributed by atoms with E-state index in [0.717, 1.165) is 29.5 Å². The van der Waals surface area contributed by atoms with Crippen LogP contribution in [0.15, 0.2) is 36.4 Å². The van der Waals surface area contributed by atoms with Crippen molar-refractivity contribution >= 4 is 32.6 Å². The van der Waals surface area contributed by atoms with Crippen LogP contribution in [-0.4, -0.2) is 48.6 Å². The Morgan fingerprint density at radius 2 is 1.71 bits per heavy atom. The van der Waals surface area contributed by atoms with Gasteiger partial charge in [-0.05, 0) is 56.2 Å². The van der Waals surface area contributed by atoms with Gasteiger partial charge in [0.1, 0.15) is 5.75 Å². The van der Waals surface area contributed by atoms with Crippen LogP contribution < -0.4 is 9.64 Å². The van der Waals surface area contributed by atoms with Gasteiger partial charge in [0.15, 0.2) is 5.13 Å². The second-order valence-electron chi connectivity index (χ2n) is 7.11. The molecule has 28 heavy (non-hydrogen) atoms. The van der Waals surface area contributed by atoms with Crippen LogP contribution in [0.2, 0.25) is 0 Å². The van der Waals surface area contributed by atoms with Gasteiger partial charge in [-0.3, -0.25) is 4.79 Å². The van der Waals surface area contributed by atoms with Gasteiger partial charge in [0, 0.05) is 31.7 Å². The Bertz CT molecular complexity index is 950. The van der Waals surface area contributed by atoms with Gasteiger partial charge in [0.05, 0.1) is 16.8 Å². The molecule has 2 aromatic carbocycles. The number of amides is 1. The zero-order chi connectivity index (χ0) is 19.7. The first kappa shape index (κ1) is 18.7. The minimum atomic E-state index is 0.0821. The fourth-order valence-corrected chi connectivity index (χ4v) is 4.69. The van der Waals surface area contributed by atoms with E-state index in [4.69, 9.17) is 9.72 Å². The summed E-state index contributed by atoms with van der Waals surface area (Å²) < 4.78 is 6.72. The summed E-state index contributed by atoms with van der Waals surface area (Å²) in [6.07, 6.45) is 0. The molecular formula is C22H25N3O2S. The zero-order valence-corrected chi connectivity index (χ0v) is 17.4. The molecule has 0 aliphatic carbocycles. The number of anilines is 1. The molecule has 1 aliphatic rings. The molecule has 1 aliphatic heterocycles. The number of thiazole rings is 1. The number of aryl methyl sites for hydroxylation is 2. The van der Waals surface area contributed by atoms with E-state index < -0.39 is 0 Å². The maximum Gasteiger partial charge on any atom is 0.253 e. The van der Waals surface area contributed by atoms with Gasteiger partial charge in [-0.2, -0.15) is 0 Å². The highest BCUT2D eigenvalue weighted by Crippen LogP contribution is 2.33.